The average Bonchev–Trinajstić information content (AvgIpc) is 3.30. The summed E-state index contributed by atoms with van der Waals surface area (Å²) >= 11 is 1.27. The smallest absolute Gasteiger partial charge is 0.412 e. The molecule has 1 aromatic carbocycles. The van der Waals surface area contributed by atoms with E-state index in [9.17, 15) is 37.2 Å². The predicted molar refractivity (Wildman–Crippen MR) is 172 cm³/mol. The molecule has 0 spiro atoms. The Morgan fingerprint density at radius 3 is 2.15 bits per heavy atom. The number of hydrogen-bond acceptors (Lipinski definition) is 13. The number of nitrogens with one attached hydrogen (secondary N) is 2. The van der Waals surface area contributed by atoms with Crippen molar-refractivity contribution >= 4 is 69.8 Å². The van der Waals surface area contributed by atoms with E-state index in [1.165, 1.54) is 54.8 Å². The van der Waals surface area contributed by atoms with Gasteiger partial charge in [-0.25, -0.2) is 22.8 Å². The Hall–Kier alpha value is -3.61. The second kappa shape index (κ2) is 13.0. The molecule has 0 aromatic heterocycles. The second-order valence-electron chi connectivity index (χ2n) is 13.0. The van der Waals surface area contributed by atoms with Gasteiger partial charge in [0.05, 0.1) is 11.2 Å². The normalized spacial score (nSPS) is 27.7. The van der Waals surface area contributed by atoms with Gasteiger partial charge < -0.3 is 40.4 Å². The third-order valence-corrected chi connectivity index (χ3v) is 13.1. The maximum Gasteiger partial charge on any atom is 0.412 e. The monoisotopic (exact) mass is 731 g/mol. The van der Waals surface area contributed by atoms with Crippen LogP contribution in [0.1, 0.15) is 59.6 Å². The number of halogens is 1. The van der Waals surface area contributed by atoms with Crippen molar-refractivity contribution in [2.75, 3.05) is 6.79 Å². The number of carbonyl (C=O) groups is 6. The SMILES string of the molecule is CC(C)NC(=O)Oc1ccc(C(N)C(=O)N[C@@H]2C(=O)N3[C@@H]2SC(C)(C)[C@@H]3C(=O)OCOC(=O)[C@@H]2N3C(=O)C[C@H]3S(=O)(=O)C2(C)C)cc1.Cl. The average molecular weight is 732 g/mol. The van der Waals surface area contributed by atoms with E-state index in [4.69, 9.17) is 19.9 Å². The van der Waals surface area contributed by atoms with Gasteiger partial charge in [0.15, 0.2) is 9.84 Å². The fraction of sp³-hybridized carbons (Fsp3) is 0.586. The summed E-state index contributed by atoms with van der Waals surface area (Å²) in [4.78, 5) is 78.4. The van der Waals surface area contributed by atoms with E-state index in [1.54, 1.807) is 27.7 Å². The van der Waals surface area contributed by atoms with Crippen molar-refractivity contribution in [3.05, 3.63) is 29.8 Å². The van der Waals surface area contributed by atoms with Crippen LogP contribution in [0.2, 0.25) is 0 Å². The number of esters is 2. The number of sulfone groups is 1. The first-order valence-electron chi connectivity index (χ1n) is 14.8. The topological polar surface area (TPSA) is 221 Å². The summed E-state index contributed by atoms with van der Waals surface area (Å²) in [6, 6.07) is 1.31. The highest BCUT2D eigenvalue weighted by molar-refractivity contribution is 8.01. The highest BCUT2D eigenvalue weighted by Crippen LogP contribution is 2.51. The quantitative estimate of drug-likeness (QED) is 0.177. The van der Waals surface area contributed by atoms with Crippen molar-refractivity contribution in [3.8, 4) is 5.75 Å². The summed E-state index contributed by atoms with van der Waals surface area (Å²) in [7, 11) is -3.83. The molecular weight excluding hydrogens is 694 g/mol. The molecule has 0 bridgehead atoms. The van der Waals surface area contributed by atoms with Gasteiger partial charge in [0, 0.05) is 10.8 Å². The number of carbonyl (C=O) groups excluding carboxylic acids is 6. The van der Waals surface area contributed by atoms with Gasteiger partial charge in [-0.05, 0) is 59.2 Å². The number of thioether (sulfide) groups is 1. The van der Waals surface area contributed by atoms with Crippen molar-refractivity contribution in [3.63, 3.8) is 0 Å². The Labute approximate surface area is 287 Å². The zero-order valence-corrected chi connectivity index (χ0v) is 29.4. The minimum Gasteiger partial charge on any atom is -0.426 e. The Bertz CT molecular complexity index is 1640. The second-order valence-corrected chi connectivity index (χ2v) is 17.5. The summed E-state index contributed by atoms with van der Waals surface area (Å²) in [5.41, 5.74) is 6.55. The van der Waals surface area contributed by atoms with Crippen LogP contribution in [-0.2, 0) is 43.3 Å². The molecule has 4 N–H and O–H groups in total. The van der Waals surface area contributed by atoms with Crippen LogP contribution < -0.4 is 21.1 Å². The van der Waals surface area contributed by atoms with E-state index in [0.717, 1.165) is 4.90 Å². The van der Waals surface area contributed by atoms with Crippen molar-refractivity contribution in [2.24, 2.45) is 5.73 Å². The maximum atomic E-state index is 13.2. The Morgan fingerprint density at radius 2 is 1.58 bits per heavy atom. The number of β-lactam (4-membered cyclic amide) rings is 2. The molecule has 4 saturated heterocycles. The lowest BCUT2D eigenvalue weighted by molar-refractivity contribution is -0.181. The number of benzene rings is 1. The molecule has 1 aromatic rings. The minimum atomic E-state index is -3.83. The van der Waals surface area contributed by atoms with E-state index < -0.39 is 96.8 Å². The van der Waals surface area contributed by atoms with Crippen LogP contribution in [0.25, 0.3) is 0 Å². The Kier molecular flexibility index (Phi) is 10.1. The number of nitrogens with zero attached hydrogens (tertiary/aromatic N) is 2. The highest BCUT2D eigenvalue weighted by Gasteiger charge is 2.68. The van der Waals surface area contributed by atoms with Crippen molar-refractivity contribution in [2.45, 2.75) is 98.4 Å². The molecule has 4 amide bonds. The summed E-state index contributed by atoms with van der Waals surface area (Å²) < 4.78 is 38.5. The molecule has 19 heteroatoms. The molecule has 6 atom stereocenters. The third kappa shape index (κ3) is 6.18. The van der Waals surface area contributed by atoms with E-state index >= 15 is 0 Å². The summed E-state index contributed by atoms with van der Waals surface area (Å²) in [6.07, 6.45) is -0.837. The van der Waals surface area contributed by atoms with Crippen molar-refractivity contribution < 1.29 is 51.4 Å². The largest absolute Gasteiger partial charge is 0.426 e. The van der Waals surface area contributed by atoms with Crippen molar-refractivity contribution in [1.82, 2.24) is 20.4 Å². The van der Waals surface area contributed by atoms with Gasteiger partial charge in [-0.3, -0.25) is 14.4 Å². The lowest BCUT2D eigenvalue weighted by Gasteiger charge is -2.44. The number of fused-ring (bicyclic) bond motifs is 2. The maximum absolute atomic E-state index is 13.2. The molecule has 4 heterocycles. The van der Waals surface area contributed by atoms with E-state index in [0.29, 0.717) is 5.56 Å². The lowest BCUT2D eigenvalue weighted by atomic mass is 9.95. The Balaban J connectivity index is 0.00000520. The first-order valence-corrected chi connectivity index (χ1v) is 17.2. The van der Waals surface area contributed by atoms with Gasteiger partial charge in [0.2, 0.25) is 24.5 Å². The number of ether oxygens (including phenoxy) is 3. The van der Waals surface area contributed by atoms with Crippen molar-refractivity contribution in [1.29, 1.82) is 0 Å². The van der Waals surface area contributed by atoms with Gasteiger partial charge in [-0.2, -0.15) is 0 Å². The molecule has 264 valence electrons. The molecule has 5 rings (SSSR count). The number of hydrogen-bond donors (Lipinski definition) is 3. The first kappa shape index (κ1) is 37.2. The molecule has 48 heavy (non-hydrogen) atoms. The van der Waals surface area contributed by atoms with Gasteiger partial charge in [0.1, 0.15) is 40.7 Å². The van der Waals surface area contributed by atoms with Crippen LogP contribution >= 0.6 is 24.2 Å². The zero-order chi connectivity index (χ0) is 34.8. The summed E-state index contributed by atoms with van der Waals surface area (Å²) in [6.45, 7) is 8.83. The van der Waals surface area contributed by atoms with Gasteiger partial charge >= 0.3 is 18.0 Å². The Morgan fingerprint density at radius 1 is 1.00 bits per heavy atom. The van der Waals surface area contributed by atoms with Gasteiger partial charge in [-0.15, -0.1) is 24.2 Å². The number of nitrogens with two attached hydrogens (primary N) is 1. The van der Waals surface area contributed by atoms with Crippen LogP contribution in [0.15, 0.2) is 24.3 Å². The standard InChI is InChI=1S/C29H37N5O11S2.ClH/c1-13(2)31-27(40)45-15-9-7-14(8-10-15)18(30)22(36)32-19-23(37)34-20(28(3,4)46-24(19)34)25(38)43-12-44-26(39)21-29(5,6)47(41,42)17-11-16(35)33(17)21;/h7-10,13,17-21,24H,11-12,30H2,1-6H3,(H,31,40)(H,32,36);1H/t17-,18?,19-,20+,21+,24-;/m1./s1. The van der Waals surface area contributed by atoms with E-state index in [-0.39, 0.29) is 30.6 Å². The van der Waals surface area contributed by atoms with Gasteiger partial charge in [0.25, 0.3) is 0 Å². The van der Waals surface area contributed by atoms with Crippen LogP contribution in [0.3, 0.4) is 0 Å². The van der Waals surface area contributed by atoms with Crippen LogP contribution in [0, 0.1) is 0 Å². The lowest BCUT2D eigenvalue weighted by Crippen LogP contribution is -2.71. The highest BCUT2D eigenvalue weighted by atomic mass is 35.5. The molecule has 16 nitrogen and oxygen atoms in total. The molecule has 4 fully saturated rings. The molecule has 1 unspecified atom stereocenters. The summed E-state index contributed by atoms with van der Waals surface area (Å²) in [5, 5.41) is 3.53. The summed E-state index contributed by atoms with van der Waals surface area (Å²) in [5.74, 6) is -3.31. The van der Waals surface area contributed by atoms with E-state index in [2.05, 4.69) is 10.6 Å². The molecule has 4 aliphatic heterocycles. The van der Waals surface area contributed by atoms with Crippen LogP contribution in [0.5, 0.6) is 5.75 Å². The van der Waals surface area contributed by atoms with Gasteiger partial charge in [-0.1, -0.05) is 12.1 Å². The number of amides is 4. The first-order chi connectivity index (χ1) is 21.8. The molecule has 0 aliphatic carbocycles. The number of rotatable bonds is 9. The third-order valence-electron chi connectivity index (χ3n) is 8.70. The molecule has 4 aliphatic rings. The fourth-order valence-electron chi connectivity index (χ4n) is 6.15. The molecule has 0 radical (unpaired) electrons. The van der Waals surface area contributed by atoms with E-state index in [1.807, 2.05) is 0 Å². The molecule has 0 saturated carbocycles. The minimum absolute atomic E-state index is 0. The zero-order valence-electron chi connectivity index (χ0n) is 27.0. The van der Waals surface area contributed by atoms with Crippen LogP contribution in [-0.4, -0.2) is 105 Å². The fourth-order valence-corrected chi connectivity index (χ4v) is 9.89. The van der Waals surface area contributed by atoms with Crippen LogP contribution in [0.4, 0.5) is 4.79 Å². The predicted octanol–water partition coefficient (Wildman–Crippen LogP) is 0.330. The molecular formula is C29H38ClN5O11S2.